The molecular weight excluding hydrogens is 306 g/mol. The molecule has 2 aromatic rings. The zero-order chi connectivity index (χ0) is 16.9. The molecule has 24 heavy (non-hydrogen) atoms. The van der Waals surface area contributed by atoms with Crippen LogP contribution < -0.4 is 5.32 Å². The van der Waals surface area contributed by atoms with E-state index in [9.17, 15) is 4.79 Å². The smallest absolute Gasteiger partial charge is 0.259 e. The maximum atomic E-state index is 12.6. The van der Waals surface area contributed by atoms with E-state index in [4.69, 9.17) is 9.26 Å². The van der Waals surface area contributed by atoms with Gasteiger partial charge in [0, 0.05) is 31.4 Å². The number of aryl methyl sites for hydroxylation is 1. The van der Waals surface area contributed by atoms with Gasteiger partial charge in [0.05, 0.1) is 16.6 Å². The molecule has 0 unspecified atom stereocenters. The second-order valence-electron chi connectivity index (χ2n) is 6.39. The SMILES string of the molecule is CCCCOCCCNC(=O)c1cc(C2CC2)nc2onc(C)c12. The number of fused-ring (bicyclic) bond motifs is 1. The molecule has 0 aromatic carbocycles. The van der Waals surface area contributed by atoms with Crippen molar-refractivity contribution in [2.45, 2.75) is 51.9 Å². The minimum Gasteiger partial charge on any atom is -0.381 e. The maximum absolute atomic E-state index is 12.6. The third-order valence-corrected chi connectivity index (χ3v) is 4.27. The highest BCUT2D eigenvalue weighted by Gasteiger charge is 2.28. The van der Waals surface area contributed by atoms with Crippen LogP contribution in [-0.2, 0) is 4.74 Å². The molecule has 0 radical (unpaired) electrons. The van der Waals surface area contributed by atoms with Crippen molar-refractivity contribution in [1.29, 1.82) is 0 Å². The van der Waals surface area contributed by atoms with Crippen LogP contribution in [0.15, 0.2) is 10.6 Å². The van der Waals surface area contributed by atoms with Gasteiger partial charge >= 0.3 is 0 Å². The lowest BCUT2D eigenvalue weighted by Gasteiger charge is -2.08. The van der Waals surface area contributed by atoms with Gasteiger partial charge in [-0.15, -0.1) is 0 Å². The molecule has 0 atom stereocenters. The fourth-order valence-electron chi connectivity index (χ4n) is 2.70. The highest BCUT2D eigenvalue weighted by atomic mass is 16.5. The van der Waals surface area contributed by atoms with Crippen molar-refractivity contribution in [2.24, 2.45) is 0 Å². The van der Waals surface area contributed by atoms with Crippen molar-refractivity contribution >= 4 is 17.0 Å². The standard InChI is InChI=1S/C18H25N3O3/c1-3-4-9-23-10-5-8-19-17(22)14-11-15(13-6-7-13)20-18-16(14)12(2)21-24-18/h11,13H,3-10H2,1-2H3,(H,19,22). The minimum atomic E-state index is -0.0934. The molecule has 1 amide bonds. The Bertz CT molecular complexity index is 707. The summed E-state index contributed by atoms with van der Waals surface area (Å²) in [5.74, 6) is 0.363. The fourth-order valence-corrected chi connectivity index (χ4v) is 2.70. The summed E-state index contributed by atoms with van der Waals surface area (Å²) in [4.78, 5) is 17.1. The molecule has 0 saturated heterocycles. The summed E-state index contributed by atoms with van der Waals surface area (Å²) in [7, 11) is 0. The van der Waals surface area contributed by atoms with Gasteiger partial charge in [-0.25, -0.2) is 4.98 Å². The van der Waals surface area contributed by atoms with Crippen LogP contribution in [0.4, 0.5) is 0 Å². The molecule has 0 spiro atoms. The molecule has 1 fully saturated rings. The van der Waals surface area contributed by atoms with E-state index in [1.54, 1.807) is 0 Å². The Morgan fingerprint density at radius 1 is 1.38 bits per heavy atom. The van der Waals surface area contributed by atoms with Gasteiger partial charge in [0.2, 0.25) is 0 Å². The third kappa shape index (κ3) is 3.93. The second kappa shape index (κ2) is 7.75. The van der Waals surface area contributed by atoms with Crippen molar-refractivity contribution < 1.29 is 14.1 Å². The lowest BCUT2D eigenvalue weighted by atomic mass is 10.1. The lowest BCUT2D eigenvalue weighted by Crippen LogP contribution is -2.26. The quantitative estimate of drug-likeness (QED) is 0.713. The zero-order valence-corrected chi connectivity index (χ0v) is 14.4. The number of rotatable bonds is 9. The molecule has 130 valence electrons. The topological polar surface area (TPSA) is 77.2 Å². The van der Waals surface area contributed by atoms with Crippen LogP contribution in [0.1, 0.15) is 66.7 Å². The highest BCUT2D eigenvalue weighted by molar-refractivity contribution is 6.06. The van der Waals surface area contributed by atoms with E-state index in [2.05, 4.69) is 22.4 Å². The van der Waals surface area contributed by atoms with Crippen LogP contribution >= 0.6 is 0 Å². The number of carbonyl (C=O) groups is 1. The summed E-state index contributed by atoms with van der Waals surface area (Å²) < 4.78 is 10.8. The Morgan fingerprint density at radius 2 is 2.17 bits per heavy atom. The molecule has 2 heterocycles. The van der Waals surface area contributed by atoms with Gasteiger partial charge in [0.25, 0.3) is 11.6 Å². The van der Waals surface area contributed by atoms with Crippen LogP contribution in [0.2, 0.25) is 0 Å². The molecule has 6 heteroatoms. The maximum Gasteiger partial charge on any atom is 0.259 e. The average Bonchev–Trinajstić information content (AvgIpc) is 3.37. The first-order valence-electron chi connectivity index (χ1n) is 8.83. The summed E-state index contributed by atoms with van der Waals surface area (Å²) in [5.41, 5.74) is 2.72. The molecule has 3 rings (SSSR count). The average molecular weight is 331 g/mol. The molecule has 1 aliphatic carbocycles. The van der Waals surface area contributed by atoms with Crippen molar-refractivity contribution in [3.8, 4) is 0 Å². The second-order valence-corrected chi connectivity index (χ2v) is 6.39. The molecule has 1 N–H and O–H groups in total. The first kappa shape index (κ1) is 16.9. The van der Waals surface area contributed by atoms with E-state index in [-0.39, 0.29) is 5.91 Å². The first-order chi connectivity index (χ1) is 11.7. The predicted octanol–water partition coefficient (Wildman–Crippen LogP) is 3.35. The molecule has 0 aliphatic heterocycles. The molecule has 1 aliphatic rings. The van der Waals surface area contributed by atoms with E-state index >= 15 is 0 Å². The van der Waals surface area contributed by atoms with Gasteiger partial charge in [-0.2, -0.15) is 0 Å². The van der Waals surface area contributed by atoms with Crippen LogP contribution in [-0.4, -0.2) is 35.8 Å². The monoisotopic (exact) mass is 331 g/mol. The van der Waals surface area contributed by atoms with Gasteiger partial charge in [0.15, 0.2) is 0 Å². The molecule has 1 saturated carbocycles. The Balaban J connectivity index is 1.62. The van der Waals surface area contributed by atoms with Gasteiger partial charge in [-0.3, -0.25) is 4.79 Å². The Morgan fingerprint density at radius 3 is 2.92 bits per heavy atom. The lowest BCUT2D eigenvalue weighted by molar-refractivity contribution is 0.0942. The third-order valence-electron chi connectivity index (χ3n) is 4.27. The van der Waals surface area contributed by atoms with Gasteiger partial charge in [0.1, 0.15) is 0 Å². The number of pyridine rings is 1. The van der Waals surface area contributed by atoms with Crippen LogP contribution in [0.5, 0.6) is 0 Å². The van der Waals surface area contributed by atoms with Gasteiger partial charge in [-0.05, 0) is 38.7 Å². The predicted molar refractivity (Wildman–Crippen MR) is 91.2 cm³/mol. The van der Waals surface area contributed by atoms with E-state index < -0.39 is 0 Å². The number of ether oxygens (including phenoxy) is 1. The summed E-state index contributed by atoms with van der Waals surface area (Å²) >= 11 is 0. The van der Waals surface area contributed by atoms with E-state index in [0.717, 1.165) is 49.8 Å². The van der Waals surface area contributed by atoms with Crippen molar-refractivity contribution in [2.75, 3.05) is 19.8 Å². The first-order valence-corrected chi connectivity index (χ1v) is 8.83. The number of nitrogens with one attached hydrogen (secondary N) is 1. The normalized spacial score (nSPS) is 14.2. The van der Waals surface area contributed by atoms with Gasteiger partial charge < -0.3 is 14.6 Å². The fraction of sp³-hybridized carbons (Fsp3) is 0.611. The van der Waals surface area contributed by atoms with Gasteiger partial charge in [-0.1, -0.05) is 18.5 Å². The summed E-state index contributed by atoms with van der Waals surface area (Å²) in [6.45, 7) is 6.04. The number of hydrogen-bond donors (Lipinski definition) is 1. The number of carbonyl (C=O) groups excluding carboxylic acids is 1. The Hall–Kier alpha value is -1.95. The van der Waals surface area contributed by atoms with Crippen LogP contribution in [0, 0.1) is 6.92 Å². The zero-order valence-electron chi connectivity index (χ0n) is 14.4. The molecular formula is C18H25N3O3. The van der Waals surface area contributed by atoms with Crippen LogP contribution in [0.3, 0.4) is 0 Å². The Kier molecular flexibility index (Phi) is 5.45. The summed E-state index contributed by atoms with van der Waals surface area (Å²) in [5, 5.41) is 7.65. The van der Waals surface area contributed by atoms with E-state index in [0.29, 0.717) is 36.0 Å². The molecule has 2 aromatic heterocycles. The van der Waals surface area contributed by atoms with Crippen molar-refractivity contribution in [3.63, 3.8) is 0 Å². The number of aromatic nitrogens is 2. The van der Waals surface area contributed by atoms with E-state index in [1.807, 2.05) is 13.0 Å². The number of nitrogens with zero attached hydrogens (tertiary/aromatic N) is 2. The molecule has 0 bridgehead atoms. The van der Waals surface area contributed by atoms with Crippen molar-refractivity contribution in [1.82, 2.24) is 15.5 Å². The van der Waals surface area contributed by atoms with Crippen LogP contribution in [0.25, 0.3) is 11.1 Å². The Labute approximate surface area is 141 Å². The molecule has 6 nitrogen and oxygen atoms in total. The largest absolute Gasteiger partial charge is 0.381 e. The number of amides is 1. The van der Waals surface area contributed by atoms with E-state index in [1.165, 1.54) is 0 Å². The minimum absolute atomic E-state index is 0.0934. The number of unbranched alkanes of at least 4 members (excludes halogenated alkanes) is 1. The summed E-state index contributed by atoms with van der Waals surface area (Å²) in [6, 6.07) is 1.90. The van der Waals surface area contributed by atoms with Crippen molar-refractivity contribution in [3.05, 3.63) is 23.0 Å². The number of hydrogen-bond acceptors (Lipinski definition) is 5. The summed E-state index contributed by atoms with van der Waals surface area (Å²) in [6.07, 6.45) is 5.28. The highest BCUT2D eigenvalue weighted by Crippen LogP contribution is 2.40.